The Morgan fingerprint density at radius 2 is 1.75 bits per heavy atom. The van der Waals surface area contributed by atoms with Gasteiger partial charge in [0.25, 0.3) is 0 Å². The first-order chi connectivity index (χ1) is 9.67. The lowest BCUT2D eigenvalue weighted by Crippen LogP contribution is -2.12. The fourth-order valence-corrected chi connectivity index (χ4v) is 1.32. The zero-order chi connectivity index (χ0) is 14.8. The van der Waals surface area contributed by atoms with Crippen LogP contribution >= 0.6 is 0 Å². The van der Waals surface area contributed by atoms with Crippen molar-refractivity contribution in [1.82, 2.24) is 0 Å². The Bertz CT molecular complexity index is 426. The third-order valence-corrected chi connectivity index (χ3v) is 2.53. The van der Waals surface area contributed by atoms with Crippen LogP contribution in [0.4, 0.5) is 4.79 Å². The second-order valence-corrected chi connectivity index (χ2v) is 4.02. The molecule has 6 nitrogen and oxygen atoms in total. The predicted octanol–water partition coefficient (Wildman–Crippen LogP) is 3.21. The quantitative estimate of drug-likeness (QED) is 0.331. The van der Waals surface area contributed by atoms with Crippen molar-refractivity contribution in [2.24, 2.45) is 0 Å². The van der Waals surface area contributed by atoms with Gasteiger partial charge in [0.15, 0.2) is 0 Å². The molecule has 0 aliphatic carbocycles. The fourth-order valence-electron chi connectivity index (χ4n) is 1.32. The molecule has 0 saturated carbocycles. The first-order valence-corrected chi connectivity index (χ1v) is 6.48. The van der Waals surface area contributed by atoms with E-state index in [4.69, 9.17) is 0 Å². The van der Waals surface area contributed by atoms with Gasteiger partial charge in [0, 0.05) is 0 Å². The molecule has 0 radical (unpaired) electrons. The van der Waals surface area contributed by atoms with E-state index in [0.29, 0.717) is 5.56 Å². The topological polar surface area (TPSA) is 71.1 Å². The second-order valence-electron chi connectivity index (χ2n) is 4.02. The van der Waals surface area contributed by atoms with Gasteiger partial charge in [0.1, 0.15) is 0 Å². The molecule has 1 aromatic rings. The molecule has 0 amide bonds. The van der Waals surface area contributed by atoms with Gasteiger partial charge in [-0.3, -0.25) is 4.89 Å². The molecule has 0 spiro atoms. The smallest absolute Gasteiger partial charge is 0.432 e. The molecule has 0 fully saturated rings. The minimum atomic E-state index is -1.05. The summed E-state index contributed by atoms with van der Waals surface area (Å²) in [4.78, 5) is 30.9. The van der Waals surface area contributed by atoms with E-state index in [1.54, 1.807) is 24.3 Å². The summed E-state index contributed by atoms with van der Waals surface area (Å²) in [6.45, 7) is 4.19. The Morgan fingerprint density at radius 3 is 2.35 bits per heavy atom. The molecule has 0 aliphatic heterocycles. The number of hydrogen-bond acceptors (Lipinski definition) is 6. The van der Waals surface area contributed by atoms with Crippen LogP contribution in [0.1, 0.15) is 42.6 Å². The van der Waals surface area contributed by atoms with Crippen LogP contribution in [0.3, 0.4) is 0 Å². The van der Waals surface area contributed by atoms with E-state index in [1.807, 2.05) is 13.8 Å². The van der Waals surface area contributed by atoms with Crippen molar-refractivity contribution in [3.05, 3.63) is 35.4 Å². The minimum Gasteiger partial charge on any atom is -0.432 e. The van der Waals surface area contributed by atoms with Crippen molar-refractivity contribution in [3.8, 4) is 0 Å². The Morgan fingerprint density at radius 1 is 1.05 bits per heavy atom. The molecule has 0 unspecified atom stereocenters. The number of benzene rings is 1. The van der Waals surface area contributed by atoms with Crippen LogP contribution in [0.25, 0.3) is 0 Å². The van der Waals surface area contributed by atoms with Crippen LogP contribution in [0.2, 0.25) is 0 Å². The number of aryl methyl sites for hydroxylation is 1. The normalized spacial score (nSPS) is 9.90. The van der Waals surface area contributed by atoms with E-state index >= 15 is 0 Å². The number of ether oxygens (including phenoxy) is 1. The molecule has 0 bridgehead atoms. The monoisotopic (exact) mass is 282 g/mol. The molecule has 0 heterocycles. The van der Waals surface area contributed by atoms with E-state index in [-0.39, 0.29) is 6.61 Å². The van der Waals surface area contributed by atoms with Gasteiger partial charge in [-0.1, -0.05) is 32.4 Å². The highest BCUT2D eigenvalue weighted by molar-refractivity contribution is 5.88. The van der Waals surface area contributed by atoms with Crippen molar-refractivity contribution >= 4 is 12.1 Å². The third-order valence-electron chi connectivity index (χ3n) is 2.53. The van der Waals surface area contributed by atoms with E-state index < -0.39 is 12.1 Å². The summed E-state index contributed by atoms with van der Waals surface area (Å²) >= 11 is 0. The van der Waals surface area contributed by atoms with Crippen molar-refractivity contribution in [1.29, 1.82) is 0 Å². The molecular formula is C14H18O6. The average molecular weight is 282 g/mol. The van der Waals surface area contributed by atoms with Gasteiger partial charge < -0.3 is 4.74 Å². The number of rotatable bonds is 7. The number of carbonyl (C=O) groups is 2. The van der Waals surface area contributed by atoms with Gasteiger partial charge >= 0.3 is 12.1 Å². The lowest BCUT2D eigenvalue weighted by atomic mass is 10.1. The lowest BCUT2D eigenvalue weighted by Gasteiger charge is -2.04. The van der Waals surface area contributed by atoms with Gasteiger partial charge in [0.05, 0.1) is 17.2 Å². The highest BCUT2D eigenvalue weighted by atomic mass is 17.5. The van der Waals surface area contributed by atoms with E-state index in [9.17, 15) is 9.59 Å². The lowest BCUT2D eigenvalue weighted by molar-refractivity contribution is -0.452. The molecule has 0 aromatic heterocycles. The summed E-state index contributed by atoms with van der Waals surface area (Å²) < 4.78 is 4.62. The van der Waals surface area contributed by atoms with Gasteiger partial charge in [-0.05, 0) is 30.5 Å². The van der Waals surface area contributed by atoms with Crippen molar-refractivity contribution < 1.29 is 29.1 Å². The molecule has 20 heavy (non-hydrogen) atoms. The molecular weight excluding hydrogens is 264 g/mol. The summed E-state index contributed by atoms with van der Waals surface area (Å²) in [6.07, 6.45) is 1.43. The molecule has 0 saturated heterocycles. The first kappa shape index (κ1) is 16.0. The highest BCUT2D eigenvalue weighted by Gasteiger charge is 2.11. The average Bonchev–Trinajstić information content (AvgIpc) is 2.47. The van der Waals surface area contributed by atoms with Crippen molar-refractivity contribution in [2.45, 2.75) is 33.1 Å². The zero-order valence-electron chi connectivity index (χ0n) is 11.6. The first-order valence-electron chi connectivity index (χ1n) is 6.48. The van der Waals surface area contributed by atoms with Crippen LogP contribution < -0.4 is 0 Å². The van der Waals surface area contributed by atoms with Crippen LogP contribution in [0.15, 0.2) is 24.3 Å². The predicted molar refractivity (Wildman–Crippen MR) is 69.7 cm³/mol. The van der Waals surface area contributed by atoms with Crippen LogP contribution in [-0.2, 0) is 26.0 Å². The van der Waals surface area contributed by atoms with Crippen LogP contribution in [0, 0.1) is 0 Å². The maximum Gasteiger partial charge on any atom is 0.543 e. The largest absolute Gasteiger partial charge is 0.543 e. The highest BCUT2D eigenvalue weighted by Crippen LogP contribution is 2.07. The van der Waals surface area contributed by atoms with Gasteiger partial charge in [-0.25, -0.2) is 14.5 Å². The van der Waals surface area contributed by atoms with E-state index in [1.165, 1.54) is 0 Å². The molecule has 1 rings (SSSR count). The molecule has 0 atom stereocenters. The Balaban J connectivity index is 2.27. The van der Waals surface area contributed by atoms with Crippen LogP contribution in [0.5, 0.6) is 0 Å². The number of hydrogen-bond donors (Lipinski definition) is 0. The fraction of sp³-hybridized carbons (Fsp3) is 0.429. The maximum atomic E-state index is 11.5. The third kappa shape index (κ3) is 5.71. The molecule has 1 aromatic carbocycles. The van der Waals surface area contributed by atoms with E-state index in [0.717, 1.165) is 24.8 Å². The van der Waals surface area contributed by atoms with Gasteiger partial charge in [-0.15, -0.1) is 0 Å². The summed E-state index contributed by atoms with van der Waals surface area (Å²) in [6, 6.07) is 6.81. The summed E-state index contributed by atoms with van der Waals surface area (Å²) in [5, 5.41) is 4.07. The van der Waals surface area contributed by atoms with Gasteiger partial charge in [-0.2, -0.15) is 0 Å². The zero-order valence-corrected chi connectivity index (χ0v) is 11.6. The van der Waals surface area contributed by atoms with Gasteiger partial charge in [0.2, 0.25) is 0 Å². The molecule has 0 aliphatic rings. The Labute approximate surface area is 117 Å². The SMILES string of the molecule is CCCCOC(=O)OOOC(=O)c1ccc(CC)cc1. The molecule has 0 N–H and O–H groups in total. The standard InChI is InChI=1S/C14H18O6/c1-3-5-10-17-14(16)19-20-18-13(15)12-8-6-11(4-2)7-9-12/h6-9H,3-5,10H2,1-2H3. The second kappa shape index (κ2) is 8.92. The van der Waals surface area contributed by atoms with E-state index in [2.05, 4.69) is 19.6 Å². The summed E-state index contributed by atoms with van der Waals surface area (Å²) in [7, 11) is 0. The molecule has 6 heteroatoms. The summed E-state index contributed by atoms with van der Waals surface area (Å²) in [5.41, 5.74) is 1.39. The molecule has 110 valence electrons. The van der Waals surface area contributed by atoms with Crippen molar-refractivity contribution in [2.75, 3.05) is 6.61 Å². The Kier molecular flexibility index (Phi) is 7.13. The minimum absolute atomic E-state index is 0.227. The van der Waals surface area contributed by atoms with Crippen LogP contribution in [-0.4, -0.2) is 18.7 Å². The Hall–Kier alpha value is -2.08. The number of unbranched alkanes of at least 4 members (excludes halogenated alkanes) is 1. The summed E-state index contributed by atoms with van der Waals surface area (Å²) in [5.74, 6) is -0.756. The number of carbonyl (C=O) groups excluding carboxylic acids is 2. The van der Waals surface area contributed by atoms with Crippen molar-refractivity contribution in [3.63, 3.8) is 0 Å². The maximum absolute atomic E-state index is 11.5.